The largest absolute Gasteiger partial charge is 0.499 e. The van der Waals surface area contributed by atoms with Crippen LogP contribution >= 0.6 is 27.3 Å². The molecular formula is C9H5BrO3S. The summed E-state index contributed by atoms with van der Waals surface area (Å²) in [5.74, 6) is -0.982. The molecule has 0 fully saturated rings. The second-order valence-corrected chi connectivity index (χ2v) is 4.50. The number of benzene rings is 1. The van der Waals surface area contributed by atoms with Gasteiger partial charge in [0.25, 0.3) is 0 Å². The molecule has 1 aromatic heterocycles. The minimum absolute atomic E-state index is 0.105. The van der Waals surface area contributed by atoms with Crippen LogP contribution in [0.25, 0.3) is 10.1 Å². The Morgan fingerprint density at radius 3 is 2.79 bits per heavy atom. The fourth-order valence-electron chi connectivity index (χ4n) is 1.24. The highest BCUT2D eigenvalue weighted by Gasteiger charge is 2.14. The number of carboxylic acid groups (broad SMARTS) is 1. The van der Waals surface area contributed by atoms with E-state index in [2.05, 4.69) is 15.9 Å². The van der Waals surface area contributed by atoms with Crippen molar-refractivity contribution in [3.05, 3.63) is 28.2 Å². The van der Waals surface area contributed by atoms with Crippen LogP contribution in [0, 0.1) is 0 Å². The van der Waals surface area contributed by atoms with Crippen LogP contribution in [0.3, 0.4) is 0 Å². The van der Waals surface area contributed by atoms with Gasteiger partial charge < -0.3 is 10.2 Å². The summed E-state index contributed by atoms with van der Waals surface area (Å²) in [4.78, 5) is 10.8. The Morgan fingerprint density at radius 2 is 2.14 bits per heavy atom. The summed E-state index contributed by atoms with van der Waals surface area (Å²) in [7, 11) is 0. The summed E-state index contributed by atoms with van der Waals surface area (Å²) in [6.45, 7) is 0. The average molecular weight is 273 g/mol. The predicted octanol–water partition coefficient (Wildman–Crippen LogP) is 3.07. The number of hydrogen-bond donors (Lipinski definition) is 2. The summed E-state index contributed by atoms with van der Waals surface area (Å²) in [6, 6.07) is 4.94. The highest BCUT2D eigenvalue weighted by molar-refractivity contribution is 9.10. The predicted molar refractivity (Wildman–Crippen MR) is 58.1 cm³/mol. The van der Waals surface area contributed by atoms with Crippen LogP contribution in [0.5, 0.6) is 5.06 Å². The van der Waals surface area contributed by atoms with Gasteiger partial charge in [-0.1, -0.05) is 23.5 Å². The number of thiophene rings is 1. The highest BCUT2D eigenvalue weighted by Crippen LogP contribution is 2.41. The molecule has 0 amide bonds. The van der Waals surface area contributed by atoms with Crippen LogP contribution in [0.2, 0.25) is 0 Å². The normalized spacial score (nSPS) is 10.6. The lowest BCUT2D eigenvalue weighted by atomic mass is 10.2. The molecule has 2 N–H and O–H groups in total. The molecule has 0 atom stereocenters. The molecule has 5 heteroatoms. The zero-order chi connectivity index (χ0) is 10.3. The number of halogens is 1. The second kappa shape index (κ2) is 3.25. The van der Waals surface area contributed by atoms with Crippen LogP contribution in [-0.2, 0) is 0 Å². The van der Waals surface area contributed by atoms with Crippen molar-refractivity contribution in [1.82, 2.24) is 0 Å². The lowest BCUT2D eigenvalue weighted by molar-refractivity contribution is 0.0699. The van der Waals surface area contributed by atoms with E-state index in [4.69, 9.17) is 5.11 Å². The summed E-state index contributed by atoms with van der Waals surface area (Å²) < 4.78 is 1.14. The first kappa shape index (κ1) is 9.48. The Hall–Kier alpha value is -1.07. The van der Waals surface area contributed by atoms with Crippen molar-refractivity contribution >= 4 is 43.3 Å². The molecule has 1 aromatic carbocycles. The van der Waals surface area contributed by atoms with Gasteiger partial charge in [-0.2, -0.15) is 0 Å². The molecule has 0 unspecified atom stereocenters. The molecule has 0 spiro atoms. The molecule has 0 radical (unpaired) electrons. The maximum atomic E-state index is 10.8. The van der Waals surface area contributed by atoms with Gasteiger partial charge in [-0.3, -0.25) is 0 Å². The Bertz CT molecular complexity index is 518. The van der Waals surface area contributed by atoms with E-state index in [-0.39, 0.29) is 10.6 Å². The Balaban J connectivity index is 2.88. The molecule has 0 saturated heterocycles. The molecule has 0 aliphatic heterocycles. The molecule has 0 aliphatic carbocycles. The van der Waals surface area contributed by atoms with Crippen molar-refractivity contribution in [3.63, 3.8) is 0 Å². The van der Waals surface area contributed by atoms with Crippen molar-refractivity contribution in [3.8, 4) is 5.06 Å². The standard InChI is InChI=1S/C9H5BrO3S/c10-6-4-2-1-3-5(8(11)12)7(4)14-9(6)13/h1-3,13H,(H,11,12). The van der Waals surface area contributed by atoms with E-state index in [1.807, 2.05) is 0 Å². The Labute approximate surface area is 91.7 Å². The molecule has 2 aromatic rings. The van der Waals surface area contributed by atoms with Crippen molar-refractivity contribution in [2.45, 2.75) is 0 Å². The molecule has 2 rings (SSSR count). The fraction of sp³-hybridized carbons (Fsp3) is 0. The monoisotopic (exact) mass is 272 g/mol. The van der Waals surface area contributed by atoms with E-state index in [9.17, 15) is 9.90 Å². The first-order chi connectivity index (χ1) is 6.61. The Kier molecular flexibility index (Phi) is 2.20. The van der Waals surface area contributed by atoms with Crippen LogP contribution in [0.4, 0.5) is 0 Å². The number of rotatable bonds is 1. The number of hydrogen-bond acceptors (Lipinski definition) is 3. The third kappa shape index (κ3) is 1.29. The van der Waals surface area contributed by atoms with E-state index in [1.165, 1.54) is 6.07 Å². The van der Waals surface area contributed by atoms with E-state index in [0.717, 1.165) is 16.7 Å². The summed E-state index contributed by atoms with van der Waals surface area (Å²) >= 11 is 4.26. The third-order valence-electron chi connectivity index (χ3n) is 1.87. The SMILES string of the molecule is O=C(O)c1cccc2c(Br)c(O)sc12. The zero-order valence-electron chi connectivity index (χ0n) is 6.82. The van der Waals surface area contributed by atoms with Crippen molar-refractivity contribution in [1.29, 1.82) is 0 Å². The van der Waals surface area contributed by atoms with Crippen LogP contribution in [0.15, 0.2) is 22.7 Å². The van der Waals surface area contributed by atoms with Gasteiger partial charge in [0, 0.05) is 5.39 Å². The minimum atomic E-state index is -0.982. The first-order valence-corrected chi connectivity index (χ1v) is 5.35. The van der Waals surface area contributed by atoms with E-state index in [0.29, 0.717) is 9.17 Å². The van der Waals surface area contributed by atoms with Gasteiger partial charge in [0.2, 0.25) is 0 Å². The summed E-state index contributed by atoms with van der Waals surface area (Å²) in [5.41, 5.74) is 0.216. The lowest BCUT2D eigenvalue weighted by Gasteiger charge is -1.95. The molecule has 14 heavy (non-hydrogen) atoms. The molecule has 3 nitrogen and oxygen atoms in total. The van der Waals surface area contributed by atoms with Crippen molar-refractivity contribution < 1.29 is 15.0 Å². The van der Waals surface area contributed by atoms with Crippen LogP contribution in [-0.4, -0.2) is 16.2 Å². The van der Waals surface area contributed by atoms with Crippen LogP contribution in [0.1, 0.15) is 10.4 Å². The maximum absolute atomic E-state index is 10.8. The fourth-order valence-corrected chi connectivity index (χ4v) is 2.89. The molecular weight excluding hydrogens is 268 g/mol. The van der Waals surface area contributed by atoms with Gasteiger partial charge in [-0.25, -0.2) is 4.79 Å². The zero-order valence-corrected chi connectivity index (χ0v) is 9.22. The number of aromatic carboxylic acids is 1. The molecule has 0 saturated carbocycles. The second-order valence-electron chi connectivity index (χ2n) is 2.71. The topological polar surface area (TPSA) is 57.5 Å². The third-order valence-corrected chi connectivity index (χ3v) is 3.98. The minimum Gasteiger partial charge on any atom is -0.499 e. The van der Waals surface area contributed by atoms with E-state index < -0.39 is 5.97 Å². The number of aromatic hydroxyl groups is 1. The van der Waals surface area contributed by atoms with Gasteiger partial charge >= 0.3 is 5.97 Å². The molecule has 0 aliphatic rings. The van der Waals surface area contributed by atoms with Crippen molar-refractivity contribution in [2.75, 3.05) is 0 Å². The summed E-state index contributed by atoms with van der Waals surface area (Å²) in [6.07, 6.45) is 0. The Morgan fingerprint density at radius 1 is 1.43 bits per heavy atom. The smallest absolute Gasteiger partial charge is 0.337 e. The van der Waals surface area contributed by atoms with Gasteiger partial charge in [0.05, 0.1) is 14.7 Å². The molecule has 72 valence electrons. The first-order valence-electron chi connectivity index (χ1n) is 3.74. The quantitative estimate of drug-likeness (QED) is 0.839. The van der Waals surface area contributed by atoms with Gasteiger partial charge in [-0.05, 0) is 22.0 Å². The van der Waals surface area contributed by atoms with Gasteiger partial charge in [0.15, 0.2) is 5.06 Å². The van der Waals surface area contributed by atoms with Crippen LogP contribution < -0.4 is 0 Å². The van der Waals surface area contributed by atoms with Gasteiger partial charge in [-0.15, -0.1) is 0 Å². The number of carboxylic acids is 1. The number of fused-ring (bicyclic) bond motifs is 1. The lowest BCUT2D eigenvalue weighted by Crippen LogP contribution is -1.94. The molecule has 1 heterocycles. The maximum Gasteiger partial charge on any atom is 0.337 e. The average Bonchev–Trinajstić information content (AvgIpc) is 2.43. The number of carbonyl (C=O) groups is 1. The van der Waals surface area contributed by atoms with E-state index in [1.54, 1.807) is 12.1 Å². The van der Waals surface area contributed by atoms with Crippen molar-refractivity contribution in [2.24, 2.45) is 0 Å². The molecule has 0 bridgehead atoms. The summed E-state index contributed by atoms with van der Waals surface area (Å²) in [5, 5.41) is 19.2. The highest BCUT2D eigenvalue weighted by atomic mass is 79.9. The van der Waals surface area contributed by atoms with Gasteiger partial charge in [0.1, 0.15) is 0 Å². The van der Waals surface area contributed by atoms with E-state index >= 15 is 0 Å².